The first-order valence-corrected chi connectivity index (χ1v) is 4.65. The van der Waals surface area contributed by atoms with Crippen LogP contribution in [0.25, 0.3) is 0 Å². The Kier molecular flexibility index (Phi) is 3.18. The Hall–Kier alpha value is -1.18. The number of carbonyl (C=O) groups excluding carboxylic acids is 1. The minimum Gasteiger partial charge on any atom is -0.292 e. The van der Waals surface area contributed by atoms with Crippen molar-refractivity contribution in [2.75, 3.05) is 0 Å². The second-order valence-corrected chi connectivity index (χ2v) is 3.38. The van der Waals surface area contributed by atoms with E-state index >= 15 is 0 Å². The molecule has 0 aliphatic carbocycles. The summed E-state index contributed by atoms with van der Waals surface area (Å²) >= 11 is 0. The zero-order valence-corrected chi connectivity index (χ0v) is 8.37. The van der Waals surface area contributed by atoms with Gasteiger partial charge in [-0.2, -0.15) is 0 Å². The maximum atomic E-state index is 11.3. The van der Waals surface area contributed by atoms with Crippen LogP contribution in [-0.4, -0.2) is 10.8 Å². The third kappa shape index (κ3) is 2.38. The monoisotopic (exact) mass is 177 g/mol. The van der Waals surface area contributed by atoms with Gasteiger partial charge in [0.05, 0.1) is 0 Å². The summed E-state index contributed by atoms with van der Waals surface area (Å²) in [4.78, 5) is 15.6. The fourth-order valence-corrected chi connectivity index (χ4v) is 1.11. The third-order valence-electron chi connectivity index (χ3n) is 1.97. The minimum absolute atomic E-state index is 0.113. The Bertz CT molecular complexity index is 305. The molecule has 2 heteroatoms. The lowest BCUT2D eigenvalue weighted by Gasteiger charge is -2.05. The summed E-state index contributed by atoms with van der Waals surface area (Å²) in [6.07, 6.45) is 0.522. The van der Waals surface area contributed by atoms with Crippen LogP contribution in [0.1, 0.15) is 49.3 Å². The number of carbonyl (C=O) groups is 1. The highest BCUT2D eigenvalue weighted by atomic mass is 16.1. The van der Waals surface area contributed by atoms with Crippen LogP contribution in [0.4, 0.5) is 0 Å². The van der Waals surface area contributed by atoms with E-state index < -0.39 is 0 Å². The topological polar surface area (TPSA) is 30.0 Å². The SMILES string of the molecule is CCC(=O)c1cccc(C(C)C)n1. The van der Waals surface area contributed by atoms with Gasteiger partial charge in [-0.05, 0) is 18.1 Å². The molecule has 1 rings (SSSR count). The number of rotatable bonds is 3. The highest BCUT2D eigenvalue weighted by Crippen LogP contribution is 2.12. The van der Waals surface area contributed by atoms with Crippen molar-refractivity contribution in [1.29, 1.82) is 0 Å². The fraction of sp³-hybridized carbons (Fsp3) is 0.455. The molecule has 0 N–H and O–H groups in total. The number of nitrogens with zero attached hydrogens (tertiary/aromatic N) is 1. The maximum Gasteiger partial charge on any atom is 0.180 e. The Morgan fingerprint density at radius 2 is 2.15 bits per heavy atom. The van der Waals surface area contributed by atoms with Crippen LogP contribution in [0.3, 0.4) is 0 Å². The van der Waals surface area contributed by atoms with Gasteiger partial charge in [0.2, 0.25) is 0 Å². The van der Waals surface area contributed by atoms with Crippen molar-refractivity contribution in [3.63, 3.8) is 0 Å². The highest BCUT2D eigenvalue weighted by molar-refractivity contribution is 5.93. The van der Waals surface area contributed by atoms with Crippen molar-refractivity contribution < 1.29 is 4.79 Å². The van der Waals surface area contributed by atoms with Gasteiger partial charge in [0.15, 0.2) is 5.78 Å². The smallest absolute Gasteiger partial charge is 0.180 e. The summed E-state index contributed by atoms with van der Waals surface area (Å²) in [7, 11) is 0. The van der Waals surface area contributed by atoms with Crippen LogP contribution >= 0.6 is 0 Å². The van der Waals surface area contributed by atoms with Crippen molar-refractivity contribution in [1.82, 2.24) is 4.98 Å². The summed E-state index contributed by atoms with van der Waals surface area (Å²) in [6, 6.07) is 5.63. The molecule has 0 spiro atoms. The van der Waals surface area contributed by atoms with Gasteiger partial charge in [-0.15, -0.1) is 0 Å². The van der Waals surface area contributed by atoms with Crippen molar-refractivity contribution in [3.05, 3.63) is 29.6 Å². The van der Waals surface area contributed by atoms with E-state index in [1.165, 1.54) is 0 Å². The fourth-order valence-electron chi connectivity index (χ4n) is 1.11. The van der Waals surface area contributed by atoms with E-state index in [1.807, 2.05) is 19.1 Å². The first-order valence-electron chi connectivity index (χ1n) is 4.65. The van der Waals surface area contributed by atoms with Crippen molar-refractivity contribution in [2.45, 2.75) is 33.1 Å². The number of pyridine rings is 1. The average molecular weight is 177 g/mol. The molecule has 70 valence electrons. The second-order valence-electron chi connectivity index (χ2n) is 3.38. The highest BCUT2D eigenvalue weighted by Gasteiger charge is 2.06. The van der Waals surface area contributed by atoms with Gasteiger partial charge < -0.3 is 0 Å². The number of hydrogen-bond donors (Lipinski definition) is 0. The lowest BCUT2D eigenvalue weighted by Crippen LogP contribution is -2.03. The van der Waals surface area contributed by atoms with Crippen LogP contribution in [0.15, 0.2) is 18.2 Å². The van der Waals surface area contributed by atoms with Gasteiger partial charge in [-0.1, -0.05) is 26.8 Å². The molecule has 0 unspecified atom stereocenters. The Balaban J connectivity index is 2.98. The van der Waals surface area contributed by atoms with Crippen LogP contribution in [0.2, 0.25) is 0 Å². The summed E-state index contributed by atoms with van der Waals surface area (Å²) in [6.45, 7) is 6.00. The lowest BCUT2D eigenvalue weighted by molar-refractivity contribution is 0.0983. The molecule has 0 bridgehead atoms. The third-order valence-corrected chi connectivity index (χ3v) is 1.97. The van der Waals surface area contributed by atoms with Crippen LogP contribution in [0, 0.1) is 0 Å². The maximum absolute atomic E-state index is 11.3. The van der Waals surface area contributed by atoms with Crippen molar-refractivity contribution in [3.8, 4) is 0 Å². The van der Waals surface area contributed by atoms with Gasteiger partial charge in [-0.25, -0.2) is 4.98 Å². The quantitative estimate of drug-likeness (QED) is 0.664. The predicted octanol–water partition coefficient (Wildman–Crippen LogP) is 2.80. The number of aromatic nitrogens is 1. The van der Waals surface area contributed by atoms with Gasteiger partial charge in [0.25, 0.3) is 0 Å². The Morgan fingerprint density at radius 1 is 1.46 bits per heavy atom. The van der Waals surface area contributed by atoms with Crippen LogP contribution in [0.5, 0.6) is 0 Å². The van der Waals surface area contributed by atoms with E-state index in [2.05, 4.69) is 18.8 Å². The largest absolute Gasteiger partial charge is 0.292 e. The summed E-state index contributed by atoms with van der Waals surface area (Å²) in [5.41, 5.74) is 1.58. The van der Waals surface area contributed by atoms with E-state index in [1.54, 1.807) is 6.07 Å². The zero-order chi connectivity index (χ0) is 9.84. The zero-order valence-electron chi connectivity index (χ0n) is 8.37. The molecule has 0 saturated carbocycles. The molecule has 0 atom stereocenters. The molecule has 0 saturated heterocycles. The molecule has 1 aromatic rings. The van der Waals surface area contributed by atoms with E-state index in [0.717, 1.165) is 5.69 Å². The standard InChI is InChI=1S/C11H15NO/c1-4-11(13)10-7-5-6-9(12-10)8(2)3/h5-8H,4H2,1-3H3. The van der Waals surface area contributed by atoms with Crippen molar-refractivity contribution in [2.24, 2.45) is 0 Å². The van der Waals surface area contributed by atoms with E-state index in [-0.39, 0.29) is 5.78 Å². The molecule has 2 nitrogen and oxygen atoms in total. The normalized spacial score (nSPS) is 10.5. The Morgan fingerprint density at radius 3 is 2.69 bits per heavy atom. The predicted molar refractivity (Wildman–Crippen MR) is 52.9 cm³/mol. The summed E-state index contributed by atoms with van der Waals surface area (Å²) in [5.74, 6) is 0.493. The average Bonchev–Trinajstić information content (AvgIpc) is 2.17. The second kappa shape index (κ2) is 4.17. The summed E-state index contributed by atoms with van der Waals surface area (Å²) in [5, 5.41) is 0. The van der Waals surface area contributed by atoms with Gasteiger partial charge in [-0.3, -0.25) is 4.79 Å². The van der Waals surface area contributed by atoms with Crippen LogP contribution < -0.4 is 0 Å². The molecule has 0 fully saturated rings. The molecule has 0 aliphatic rings. The first-order chi connectivity index (χ1) is 6.15. The molecule has 0 aliphatic heterocycles. The lowest BCUT2D eigenvalue weighted by atomic mass is 10.1. The Labute approximate surface area is 79.0 Å². The minimum atomic E-state index is 0.113. The molecule has 1 heterocycles. The van der Waals surface area contributed by atoms with Crippen LogP contribution in [-0.2, 0) is 0 Å². The first kappa shape index (κ1) is 9.90. The van der Waals surface area contributed by atoms with Gasteiger partial charge in [0.1, 0.15) is 5.69 Å². The summed E-state index contributed by atoms with van der Waals surface area (Å²) < 4.78 is 0. The van der Waals surface area contributed by atoms with E-state index in [4.69, 9.17) is 0 Å². The molecule has 0 amide bonds. The number of ketones is 1. The molecule has 0 aromatic carbocycles. The number of Topliss-reactive ketones (excluding diaryl/α,β-unsaturated/α-hetero) is 1. The van der Waals surface area contributed by atoms with Gasteiger partial charge >= 0.3 is 0 Å². The van der Waals surface area contributed by atoms with Gasteiger partial charge in [0, 0.05) is 12.1 Å². The van der Waals surface area contributed by atoms with Crippen molar-refractivity contribution >= 4 is 5.78 Å². The molecular weight excluding hydrogens is 162 g/mol. The molecule has 13 heavy (non-hydrogen) atoms. The van der Waals surface area contributed by atoms with E-state index in [0.29, 0.717) is 18.0 Å². The molecule has 0 radical (unpaired) electrons. The molecule has 1 aromatic heterocycles. The van der Waals surface area contributed by atoms with E-state index in [9.17, 15) is 4.79 Å². The molecular formula is C11H15NO. The number of hydrogen-bond acceptors (Lipinski definition) is 2.